The molecule has 0 bridgehead atoms. The van der Waals surface area contributed by atoms with E-state index in [1.165, 1.54) is 5.56 Å². The average Bonchev–Trinajstić information content (AvgIpc) is 2.50. The number of rotatable bonds is 7. The Bertz CT molecular complexity index is 443. The van der Waals surface area contributed by atoms with Gasteiger partial charge in [-0.05, 0) is 18.4 Å². The van der Waals surface area contributed by atoms with Crippen LogP contribution in [0.25, 0.3) is 0 Å². The summed E-state index contributed by atoms with van der Waals surface area (Å²) < 4.78 is 0. The number of benzene rings is 1. The van der Waals surface area contributed by atoms with Crippen molar-refractivity contribution in [2.75, 3.05) is 34.2 Å². The van der Waals surface area contributed by atoms with Crippen LogP contribution < -0.4 is 10.6 Å². The van der Waals surface area contributed by atoms with Gasteiger partial charge in [-0.3, -0.25) is 9.79 Å². The molecule has 0 heterocycles. The summed E-state index contributed by atoms with van der Waals surface area (Å²) >= 11 is 0. The Hall–Kier alpha value is -2.04. The summed E-state index contributed by atoms with van der Waals surface area (Å²) in [5.41, 5.74) is 1.35. The van der Waals surface area contributed by atoms with Gasteiger partial charge in [-0.1, -0.05) is 30.3 Å². The number of nitrogens with one attached hydrogen (secondary N) is 2. The first-order chi connectivity index (χ1) is 10.1. The molecule has 5 nitrogen and oxygen atoms in total. The van der Waals surface area contributed by atoms with E-state index in [1.54, 1.807) is 26.0 Å². The highest BCUT2D eigenvalue weighted by Gasteiger charge is 2.04. The smallest absolute Gasteiger partial charge is 0.223 e. The number of carbonyl (C=O) groups excluding carboxylic acids is 1. The van der Waals surface area contributed by atoms with Crippen LogP contribution in [0, 0.1) is 0 Å². The predicted octanol–water partition coefficient (Wildman–Crippen LogP) is 1.26. The van der Waals surface area contributed by atoms with E-state index in [9.17, 15) is 4.79 Å². The van der Waals surface area contributed by atoms with Crippen molar-refractivity contribution in [3.63, 3.8) is 0 Å². The van der Waals surface area contributed by atoms with Gasteiger partial charge >= 0.3 is 0 Å². The van der Waals surface area contributed by atoms with Crippen LogP contribution in [-0.4, -0.2) is 51.0 Å². The molecule has 0 aliphatic carbocycles. The Morgan fingerprint density at radius 3 is 2.43 bits per heavy atom. The van der Waals surface area contributed by atoms with Crippen LogP contribution in [0.15, 0.2) is 35.3 Å². The van der Waals surface area contributed by atoms with Crippen molar-refractivity contribution in [3.05, 3.63) is 35.9 Å². The number of amides is 1. The molecule has 21 heavy (non-hydrogen) atoms. The van der Waals surface area contributed by atoms with E-state index in [-0.39, 0.29) is 5.91 Å². The average molecular weight is 290 g/mol. The monoisotopic (exact) mass is 290 g/mol. The summed E-state index contributed by atoms with van der Waals surface area (Å²) in [5, 5.41) is 6.40. The molecular weight excluding hydrogens is 264 g/mol. The third-order valence-corrected chi connectivity index (χ3v) is 3.13. The Balaban J connectivity index is 2.15. The SMILES string of the molecule is CN=C(NCCCc1ccccc1)NCCC(=O)N(C)C. The molecule has 0 saturated heterocycles. The van der Waals surface area contributed by atoms with Gasteiger partial charge in [0.1, 0.15) is 0 Å². The Morgan fingerprint density at radius 1 is 1.14 bits per heavy atom. The minimum absolute atomic E-state index is 0.113. The highest BCUT2D eigenvalue weighted by atomic mass is 16.2. The van der Waals surface area contributed by atoms with Crippen LogP contribution in [0.5, 0.6) is 0 Å². The number of carbonyl (C=O) groups is 1. The molecule has 0 spiro atoms. The Kier molecular flexibility index (Phi) is 7.94. The molecule has 1 aromatic carbocycles. The lowest BCUT2D eigenvalue weighted by Crippen LogP contribution is -2.39. The second-order valence-corrected chi connectivity index (χ2v) is 5.05. The minimum atomic E-state index is 0.113. The van der Waals surface area contributed by atoms with Crippen molar-refractivity contribution >= 4 is 11.9 Å². The summed E-state index contributed by atoms with van der Waals surface area (Å²) in [4.78, 5) is 17.2. The molecule has 0 aliphatic heterocycles. The van der Waals surface area contributed by atoms with Crippen molar-refractivity contribution in [2.45, 2.75) is 19.3 Å². The largest absolute Gasteiger partial charge is 0.356 e. The second-order valence-electron chi connectivity index (χ2n) is 5.05. The lowest BCUT2D eigenvalue weighted by molar-refractivity contribution is -0.128. The van der Waals surface area contributed by atoms with E-state index < -0.39 is 0 Å². The van der Waals surface area contributed by atoms with Crippen molar-refractivity contribution < 1.29 is 4.79 Å². The first kappa shape index (κ1) is 17.0. The van der Waals surface area contributed by atoms with Crippen LogP contribution in [-0.2, 0) is 11.2 Å². The molecule has 0 aliphatic rings. The topological polar surface area (TPSA) is 56.7 Å². The van der Waals surface area contributed by atoms with E-state index in [4.69, 9.17) is 0 Å². The van der Waals surface area contributed by atoms with Gasteiger partial charge in [0.05, 0.1) is 0 Å². The molecule has 1 aromatic rings. The molecular formula is C16H26N4O. The van der Waals surface area contributed by atoms with Gasteiger partial charge in [0.15, 0.2) is 5.96 Å². The van der Waals surface area contributed by atoms with E-state index in [0.29, 0.717) is 13.0 Å². The molecule has 0 aromatic heterocycles. The number of hydrogen-bond acceptors (Lipinski definition) is 2. The van der Waals surface area contributed by atoms with Crippen LogP contribution in [0.1, 0.15) is 18.4 Å². The number of hydrogen-bond donors (Lipinski definition) is 2. The molecule has 0 unspecified atom stereocenters. The lowest BCUT2D eigenvalue weighted by atomic mass is 10.1. The molecule has 1 rings (SSSR count). The lowest BCUT2D eigenvalue weighted by Gasteiger charge is -2.13. The maximum atomic E-state index is 11.5. The molecule has 0 atom stereocenters. The van der Waals surface area contributed by atoms with E-state index in [1.807, 2.05) is 6.07 Å². The van der Waals surface area contributed by atoms with Gasteiger partial charge in [-0.25, -0.2) is 0 Å². The quantitative estimate of drug-likeness (QED) is 0.451. The van der Waals surface area contributed by atoms with Gasteiger partial charge < -0.3 is 15.5 Å². The summed E-state index contributed by atoms with van der Waals surface area (Å²) in [6, 6.07) is 10.4. The summed E-state index contributed by atoms with van der Waals surface area (Å²) in [5.74, 6) is 0.858. The molecule has 5 heteroatoms. The fourth-order valence-corrected chi connectivity index (χ4v) is 1.88. The third kappa shape index (κ3) is 7.34. The first-order valence-corrected chi connectivity index (χ1v) is 7.32. The highest BCUT2D eigenvalue weighted by molar-refractivity contribution is 5.81. The third-order valence-electron chi connectivity index (χ3n) is 3.13. The van der Waals surface area contributed by atoms with Crippen molar-refractivity contribution in [2.24, 2.45) is 4.99 Å². The summed E-state index contributed by atoms with van der Waals surface area (Å²) in [6.07, 6.45) is 2.56. The molecule has 0 fully saturated rings. The summed E-state index contributed by atoms with van der Waals surface area (Å²) in [7, 11) is 5.26. The fourth-order valence-electron chi connectivity index (χ4n) is 1.88. The predicted molar refractivity (Wildman–Crippen MR) is 87.4 cm³/mol. The van der Waals surface area contributed by atoms with Crippen molar-refractivity contribution in [3.8, 4) is 0 Å². The Labute approximate surface area is 127 Å². The van der Waals surface area contributed by atoms with Gasteiger partial charge in [-0.2, -0.15) is 0 Å². The van der Waals surface area contributed by atoms with E-state index >= 15 is 0 Å². The standard InChI is InChI=1S/C16H26N4O/c1-17-16(19-13-11-15(21)20(2)3)18-12-7-10-14-8-5-4-6-9-14/h4-6,8-9H,7,10-13H2,1-3H3,(H2,17,18,19). The normalized spacial score (nSPS) is 11.1. The van der Waals surface area contributed by atoms with Crippen molar-refractivity contribution in [1.29, 1.82) is 0 Å². The van der Waals surface area contributed by atoms with Crippen LogP contribution in [0.2, 0.25) is 0 Å². The Morgan fingerprint density at radius 2 is 1.81 bits per heavy atom. The van der Waals surface area contributed by atoms with Crippen LogP contribution in [0.4, 0.5) is 0 Å². The highest BCUT2D eigenvalue weighted by Crippen LogP contribution is 2.01. The van der Waals surface area contributed by atoms with Gasteiger partial charge in [0, 0.05) is 40.7 Å². The number of aliphatic imine (C=N–C) groups is 1. The van der Waals surface area contributed by atoms with E-state index in [0.717, 1.165) is 25.3 Å². The maximum absolute atomic E-state index is 11.5. The molecule has 1 amide bonds. The van der Waals surface area contributed by atoms with Gasteiger partial charge in [0.2, 0.25) is 5.91 Å². The number of guanidine groups is 1. The number of aryl methyl sites for hydroxylation is 1. The zero-order chi connectivity index (χ0) is 15.5. The maximum Gasteiger partial charge on any atom is 0.223 e. The molecule has 0 radical (unpaired) electrons. The number of nitrogens with zero attached hydrogens (tertiary/aromatic N) is 2. The molecule has 2 N–H and O–H groups in total. The van der Waals surface area contributed by atoms with Gasteiger partial charge in [0.25, 0.3) is 0 Å². The van der Waals surface area contributed by atoms with Crippen LogP contribution >= 0.6 is 0 Å². The zero-order valence-corrected chi connectivity index (χ0v) is 13.2. The van der Waals surface area contributed by atoms with E-state index in [2.05, 4.69) is 39.9 Å². The minimum Gasteiger partial charge on any atom is -0.356 e. The van der Waals surface area contributed by atoms with Crippen molar-refractivity contribution in [1.82, 2.24) is 15.5 Å². The zero-order valence-electron chi connectivity index (χ0n) is 13.2. The summed E-state index contributed by atoms with van der Waals surface area (Å²) in [6.45, 7) is 1.45. The molecule has 0 saturated carbocycles. The van der Waals surface area contributed by atoms with Gasteiger partial charge in [-0.15, -0.1) is 0 Å². The first-order valence-electron chi connectivity index (χ1n) is 7.32. The second kappa shape index (κ2) is 9.80. The molecule has 116 valence electrons. The van der Waals surface area contributed by atoms with Crippen LogP contribution in [0.3, 0.4) is 0 Å². The fraction of sp³-hybridized carbons (Fsp3) is 0.500.